The van der Waals surface area contributed by atoms with Crippen LogP contribution in [-0.2, 0) is 25.7 Å². The van der Waals surface area contributed by atoms with Crippen LogP contribution in [-0.4, -0.2) is 112 Å². The first kappa shape index (κ1) is 36.2. The summed E-state index contributed by atoms with van der Waals surface area (Å²) in [4.78, 5) is 59.8. The number of carbonyl (C=O) groups excluding carboxylic acids is 3. The Morgan fingerprint density at radius 1 is 1.11 bits per heavy atom. The number of nitrogens with zero attached hydrogens (tertiary/aromatic N) is 3. The molecule has 1 aromatic carbocycles. The Morgan fingerprint density at radius 2 is 1.81 bits per heavy atom. The first-order valence-corrected chi connectivity index (χ1v) is 17.1. The lowest BCUT2D eigenvalue weighted by atomic mass is 9.85. The average Bonchev–Trinajstić information content (AvgIpc) is 3.64. The van der Waals surface area contributed by atoms with Gasteiger partial charge in [0.1, 0.15) is 18.7 Å². The van der Waals surface area contributed by atoms with Gasteiger partial charge in [-0.1, -0.05) is 45.0 Å². The van der Waals surface area contributed by atoms with E-state index < -0.39 is 41.5 Å². The number of aliphatic hydroxyl groups excluding tert-OH is 1. The first-order chi connectivity index (χ1) is 22.3. The molecule has 2 aliphatic heterocycles. The minimum Gasteiger partial charge on any atom is -0.465 e. The fourth-order valence-electron chi connectivity index (χ4n) is 5.97. The van der Waals surface area contributed by atoms with E-state index >= 15 is 0 Å². The van der Waals surface area contributed by atoms with Crippen LogP contribution < -0.4 is 16.0 Å². The largest absolute Gasteiger partial charge is 0.465 e. The van der Waals surface area contributed by atoms with E-state index in [0.29, 0.717) is 6.54 Å². The lowest BCUT2D eigenvalue weighted by Gasteiger charge is -2.35. The van der Waals surface area contributed by atoms with Crippen LogP contribution >= 0.6 is 11.3 Å². The topological polar surface area (TPSA) is 173 Å². The Labute approximate surface area is 280 Å². The van der Waals surface area contributed by atoms with E-state index in [2.05, 4.69) is 25.8 Å². The molecule has 258 valence electrons. The number of carbonyl (C=O) groups is 4. The fourth-order valence-corrected chi connectivity index (χ4v) is 6.79. The second-order valence-corrected chi connectivity index (χ2v) is 14.2. The van der Waals surface area contributed by atoms with Crippen LogP contribution in [0, 0.1) is 12.3 Å². The quantitative estimate of drug-likeness (QED) is 0.200. The number of aromatic nitrogens is 1. The molecule has 13 nitrogen and oxygen atoms in total. The van der Waals surface area contributed by atoms with Gasteiger partial charge in [-0.25, -0.2) is 9.78 Å². The van der Waals surface area contributed by atoms with Gasteiger partial charge >= 0.3 is 6.09 Å². The molecule has 1 aromatic heterocycles. The average molecular weight is 673 g/mol. The number of hydrogen-bond donors (Lipinski definition) is 5. The predicted molar refractivity (Wildman–Crippen MR) is 178 cm³/mol. The highest BCUT2D eigenvalue weighted by molar-refractivity contribution is 7.13. The molecule has 2 aliphatic rings. The van der Waals surface area contributed by atoms with Crippen molar-refractivity contribution in [3.05, 3.63) is 41.0 Å². The third-order valence-corrected chi connectivity index (χ3v) is 9.60. The zero-order chi connectivity index (χ0) is 34.1. The van der Waals surface area contributed by atoms with Gasteiger partial charge in [0.15, 0.2) is 0 Å². The van der Waals surface area contributed by atoms with Crippen molar-refractivity contribution < 1.29 is 34.1 Å². The van der Waals surface area contributed by atoms with Gasteiger partial charge in [0.05, 0.1) is 28.3 Å². The standard InChI is InChI=1S/C33H48N6O7S/c1-21-28(47-20-36-21)23-8-6-22(7-9-23)17-35-30(42)26-16-24(40)18-39(26)31(43)29(33(2,3)4)37-27(41)19-46-25-10-14-38(15-11-25)13-5-12-34-32(44)45/h6-9,20,24-26,29,34,40H,5,10-19H2,1-4H3,(H,35,42)(H,37,41)(H,44,45)/t24-,26+,29-/m1/s1. The van der Waals surface area contributed by atoms with Crippen LogP contribution in [0.2, 0.25) is 0 Å². The number of thiazole rings is 1. The Balaban J connectivity index is 1.27. The van der Waals surface area contributed by atoms with Crippen LogP contribution in [0.4, 0.5) is 4.79 Å². The van der Waals surface area contributed by atoms with Crippen molar-refractivity contribution in [3.8, 4) is 10.4 Å². The number of hydrogen-bond acceptors (Lipinski definition) is 9. The molecule has 2 saturated heterocycles. The van der Waals surface area contributed by atoms with E-state index in [-0.39, 0.29) is 38.1 Å². The number of benzene rings is 1. The molecule has 4 amide bonds. The highest BCUT2D eigenvalue weighted by Crippen LogP contribution is 2.28. The van der Waals surface area contributed by atoms with E-state index in [0.717, 1.165) is 60.6 Å². The molecule has 2 fully saturated rings. The van der Waals surface area contributed by atoms with Crippen LogP contribution in [0.5, 0.6) is 0 Å². The Bertz CT molecular complexity index is 1370. The van der Waals surface area contributed by atoms with E-state index in [4.69, 9.17) is 9.84 Å². The minimum absolute atomic E-state index is 0.00368. The number of β-amino-alcohol motifs (C(OH)–C–C–N with tert-alkyl or cyclic N) is 1. The summed E-state index contributed by atoms with van der Waals surface area (Å²) in [6.07, 6.45) is 0.373. The monoisotopic (exact) mass is 672 g/mol. The molecule has 0 saturated carbocycles. The molecular formula is C33H48N6O7S. The van der Waals surface area contributed by atoms with Gasteiger partial charge < -0.3 is 40.7 Å². The number of aliphatic hydroxyl groups is 1. The van der Waals surface area contributed by atoms with Crippen LogP contribution in [0.25, 0.3) is 10.4 Å². The zero-order valence-corrected chi connectivity index (χ0v) is 28.5. The summed E-state index contributed by atoms with van der Waals surface area (Å²) in [5.74, 6) is -1.19. The Hall–Kier alpha value is -3.59. The van der Waals surface area contributed by atoms with Crippen LogP contribution in [0.15, 0.2) is 29.8 Å². The number of rotatable bonds is 13. The van der Waals surface area contributed by atoms with Gasteiger partial charge in [0.2, 0.25) is 17.7 Å². The Kier molecular flexibility index (Phi) is 12.7. The molecule has 3 atom stereocenters. The van der Waals surface area contributed by atoms with Crippen LogP contribution in [0.3, 0.4) is 0 Å². The molecule has 47 heavy (non-hydrogen) atoms. The number of ether oxygens (including phenoxy) is 1. The summed E-state index contributed by atoms with van der Waals surface area (Å²) >= 11 is 1.58. The second-order valence-electron chi connectivity index (χ2n) is 13.4. The van der Waals surface area contributed by atoms with Crippen molar-refractivity contribution in [2.75, 3.05) is 39.3 Å². The van der Waals surface area contributed by atoms with Crippen molar-refractivity contribution in [2.24, 2.45) is 5.41 Å². The molecule has 0 spiro atoms. The van der Waals surface area contributed by atoms with E-state index in [1.54, 1.807) is 11.3 Å². The summed E-state index contributed by atoms with van der Waals surface area (Å²) < 4.78 is 5.89. The molecule has 2 aromatic rings. The van der Waals surface area contributed by atoms with Crippen molar-refractivity contribution in [2.45, 2.75) is 84.2 Å². The second kappa shape index (κ2) is 16.5. The number of aryl methyl sites for hydroxylation is 1. The lowest BCUT2D eigenvalue weighted by molar-refractivity contribution is -0.145. The number of likely N-dealkylation sites (tertiary alicyclic amines) is 2. The lowest BCUT2D eigenvalue weighted by Crippen LogP contribution is -2.58. The summed E-state index contributed by atoms with van der Waals surface area (Å²) in [7, 11) is 0. The van der Waals surface area contributed by atoms with E-state index in [9.17, 15) is 24.3 Å². The van der Waals surface area contributed by atoms with Crippen molar-refractivity contribution >= 4 is 35.2 Å². The zero-order valence-electron chi connectivity index (χ0n) is 27.7. The van der Waals surface area contributed by atoms with Gasteiger partial charge in [0, 0.05) is 39.1 Å². The van der Waals surface area contributed by atoms with Crippen molar-refractivity contribution in [1.82, 2.24) is 30.7 Å². The minimum atomic E-state index is -1.02. The highest BCUT2D eigenvalue weighted by Gasteiger charge is 2.44. The Morgan fingerprint density at radius 3 is 2.43 bits per heavy atom. The normalized spacial score (nSPS) is 19.7. The maximum absolute atomic E-state index is 13.9. The van der Waals surface area contributed by atoms with Crippen LogP contribution in [0.1, 0.15) is 57.7 Å². The summed E-state index contributed by atoms with van der Waals surface area (Å²) in [5.41, 5.74) is 4.07. The third-order valence-electron chi connectivity index (χ3n) is 8.62. The highest BCUT2D eigenvalue weighted by atomic mass is 32.1. The number of amides is 4. The maximum Gasteiger partial charge on any atom is 0.404 e. The predicted octanol–water partition coefficient (Wildman–Crippen LogP) is 2.37. The molecule has 0 radical (unpaired) electrons. The number of carboxylic acid groups (broad SMARTS) is 1. The van der Waals surface area contributed by atoms with Gasteiger partial charge in [-0.3, -0.25) is 14.4 Å². The summed E-state index contributed by atoms with van der Waals surface area (Å²) in [6.45, 7) is 10.4. The number of piperidine rings is 1. The molecule has 5 N–H and O–H groups in total. The van der Waals surface area contributed by atoms with Gasteiger partial charge in [-0.2, -0.15) is 0 Å². The van der Waals surface area contributed by atoms with Gasteiger partial charge in [0.25, 0.3) is 0 Å². The third kappa shape index (κ3) is 10.4. The van der Waals surface area contributed by atoms with Gasteiger partial charge in [-0.15, -0.1) is 11.3 Å². The number of nitrogens with one attached hydrogen (secondary N) is 3. The van der Waals surface area contributed by atoms with Crippen molar-refractivity contribution in [1.29, 1.82) is 0 Å². The summed E-state index contributed by atoms with van der Waals surface area (Å²) in [6, 6.07) is 6.08. The smallest absolute Gasteiger partial charge is 0.404 e. The molecular weight excluding hydrogens is 624 g/mol. The molecule has 0 unspecified atom stereocenters. The molecule has 0 bridgehead atoms. The van der Waals surface area contributed by atoms with E-state index in [1.165, 1.54) is 4.90 Å². The molecule has 0 aliphatic carbocycles. The maximum atomic E-state index is 13.9. The van der Waals surface area contributed by atoms with E-state index in [1.807, 2.05) is 57.5 Å². The van der Waals surface area contributed by atoms with Gasteiger partial charge in [-0.05, 0) is 49.3 Å². The first-order valence-electron chi connectivity index (χ1n) is 16.2. The summed E-state index contributed by atoms with van der Waals surface area (Å²) in [5, 5.41) is 27.3. The molecule has 4 rings (SSSR count). The SMILES string of the molecule is Cc1ncsc1-c1ccc(CNC(=O)[C@@H]2C[C@@H](O)CN2C(=O)[C@@H](NC(=O)COC2CCN(CCCNC(=O)O)CC2)C(C)(C)C)cc1. The van der Waals surface area contributed by atoms with Crippen molar-refractivity contribution in [3.63, 3.8) is 0 Å². The fraction of sp³-hybridized carbons (Fsp3) is 0.606. The molecule has 3 heterocycles. The molecule has 14 heteroatoms.